The van der Waals surface area contributed by atoms with Gasteiger partial charge in [-0.2, -0.15) is 0 Å². The molecule has 0 spiro atoms. The minimum atomic E-state index is -0.221. The first-order valence-corrected chi connectivity index (χ1v) is 8.91. The van der Waals surface area contributed by atoms with Crippen LogP contribution in [0.2, 0.25) is 0 Å². The predicted molar refractivity (Wildman–Crippen MR) is 98.5 cm³/mol. The predicted octanol–water partition coefficient (Wildman–Crippen LogP) is 4.91. The number of carbonyl (C=O) groups is 1. The van der Waals surface area contributed by atoms with Crippen molar-refractivity contribution in [2.24, 2.45) is 0 Å². The zero-order valence-corrected chi connectivity index (χ0v) is 15.3. The molecule has 0 N–H and O–H groups in total. The Morgan fingerprint density at radius 1 is 1.00 bits per heavy atom. The summed E-state index contributed by atoms with van der Waals surface area (Å²) in [7, 11) is 3.16. The lowest BCUT2D eigenvalue weighted by Gasteiger charge is -2.12. The number of rotatable bonds is 10. The first-order chi connectivity index (χ1) is 12.2. The van der Waals surface area contributed by atoms with E-state index >= 15 is 0 Å². The van der Waals surface area contributed by atoms with Crippen molar-refractivity contribution in [2.45, 2.75) is 51.9 Å². The summed E-state index contributed by atoms with van der Waals surface area (Å²) in [6.45, 7) is 2.19. The van der Waals surface area contributed by atoms with Gasteiger partial charge >= 0.3 is 5.97 Å². The molecule has 0 atom stereocenters. The zero-order chi connectivity index (χ0) is 18.1. The van der Waals surface area contributed by atoms with Gasteiger partial charge < -0.3 is 14.2 Å². The van der Waals surface area contributed by atoms with E-state index in [1.54, 1.807) is 38.6 Å². The Hall–Kier alpha value is -2.30. The van der Waals surface area contributed by atoms with E-state index in [2.05, 4.69) is 11.9 Å². The number of hydrogen-bond donors (Lipinski definition) is 0. The number of benzene rings is 1. The summed E-state index contributed by atoms with van der Waals surface area (Å²) in [5, 5.41) is 0.682. The number of ether oxygens (including phenoxy) is 3. The van der Waals surface area contributed by atoms with Crippen molar-refractivity contribution in [2.75, 3.05) is 14.2 Å². The highest BCUT2D eigenvalue weighted by Crippen LogP contribution is 2.36. The van der Waals surface area contributed by atoms with Gasteiger partial charge in [-0.3, -0.25) is 9.78 Å². The van der Waals surface area contributed by atoms with Crippen LogP contribution in [0, 0.1) is 0 Å². The number of hydrogen-bond acceptors (Lipinski definition) is 5. The van der Waals surface area contributed by atoms with Crippen molar-refractivity contribution in [1.82, 2.24) is 4.98 Å². The fourth-order valence-corrected chi connectivity index (χ4v) is 2.78. The maximum absolute atomic E-state index is 12.2. The topological polar surface area (TPSA) is 57.7 Å². The summed E-state index contributed by atoms with van der Waals surface area (Å²) in [5.41, 5.74) is 0.668. The lowest BCUT2D eigenvalue weighted by Crippen LogP contribution is -2.08. The normalized spacial score (nSPS) is 10.7. The van der Waals surface area contributed by atoms with Crippen LogP contribution < -0.4 is 14.2 Å². The third-order valence-electron chi connectivity index (χ3n) is 4.15. The summed E-state index contributed by atoms with van der Waals surface area (Å²) in [6.07, 6.45) is 8.86. The van der Waals surface area contributed by atoms with Crippen LogP contribution in [0.1, 0.15) is 51.9 Å². The monoisotopic (exact) mass is 345 g/mol. The van der Waals surface area contributed by atoms with E-state index in [-0.39, 0.29) is 5.97 Å². The minimum Gasteiger partial charge on any atom is -0.497 e. The highest BCUT2D eigenvalue weighted by molar-refractivity contribution is 5.93. The number of aromatic nitrogens is 1. The Morgan fingerprint density at radius 2 is 1.76 bits per heavy atom. The summed E-state index contributed by atoms with van der Waals surface area (Å²) in [5.74, 6) is 1.47. The zero-order valence-electron chi connectivity index (χ0n) is 15.3. The molecule has 0 fully saturated rings. The second-order valence-electron chi connectivity index (χ2n) is 6.02. The van der Waals surface area contributed by atoms with Crippen LogP contribution in [-0.2, 0) is 4.79 Å². The molecule has 0 saturated heterocycles. The molecule has 0 aliphatic rings. The summed E-state index contributed by atoms with van der Waals surface area (Å²) < 4.78 is 16.2. The van der Waals surface area contributed by atoms with Gasteiger partial charge in [0.15, 0.2) is 0 Å². The third-order valence-corrected chi connectivity index (χ3v) is 4.15. The van der Waals surface area contributed by atoms with E-state index in [9.17, 15) is 4.79 Å². The van der Waals surface area contributed by atoms with Gasteiger partial charge in [-0.25, -0.2) is 0 Å². The highest BCUT2D eigenvalue weighted by atomic mass is 16.5. The number of unbranched alkanes of at least 4 members (excludes halogenated alkanes) is 5. The molecule has 1 heterocycles. The van der Waals surface area contributed by atoms with Crippen LogP contribution in [-0.4, -0.2) is 25.2 Å². The Labute approximate surface area is 149 Å². The molecular weight excluding hydrogens is 318 g/mol. The van der Waals surface area contributed by atoms with Gasteiger partial charge in [-0.15, -0.1) is 0 Å². The van der Waals surface area contributed by atoms with E-state index in [0.717, 1.165) is 12.8 Å². The summed E-state index contributed by atoms with van der Waals surface area (Å²) >= 11 is 0. The fraction of sp³-hybridized carbons (Fsp3) is 0.500. The van der Waals surface area contributed by atoms with Gasteiger partial charge in [0.1, 0.15) is 17.2 Å². The molecule has 5 nitrogen and oxygen atoms in total. The fourth-order valence-electron chi connectivity index (χ4n) is 2.78. The molecule has 2 rings (SSSR count). The van der Waals surface area contributed by atoms with Gasteiger partial charge in [-0.1, -0.05) is 39.0 Å². The molecule has 0 amide bonds. The van der Waals surface area contributed by atoms with E-state index < -0.39 is 0 Å². The molecule has 0 unspecified atom stereocenters. The lowest BCUT2D eigenvalue weighted by molar-refractivity contribution is -0.134. The number of esters is 1. The number of pyridine rings is 1. The number of fused-ring (bicyclic) bond motifs is 1. The van der Waals surface area contributed by atoms with Gasteiger partial charge in [0.25, 0.3) is 0 Å². The Balaban J connectivity index is 2.04. The van der Waals surface area contributed by atoms with Crippen LogP contribution in [0.5, 0.6) is 17.2 Å². The average molecular weight is 345 g/mol. The SMILES string of the molecule is CCCCCCCCC(=O)Oc1ccnc2cc(OC)cc(OC)c12. The molecule has 25 heavy (non-hydrogen) atoms. The van der Waals surface area contributed by atoms with Crippen molar-refractivity contribution >= 4 is 16.9 Å². The summed E-state index contributed by atoms with van der Waals surface area (Å²) in [4.78, 5) is 16.5. The second kappa shape index (κ2) is 9.87. The highest BCUT2D eigenvalue weighted by Gasteiger charge is 2.14. The molecule has 5 heteroatoms. The Kier molecular flexibility index (Phi) is 7.51. The smallest absolute Gasteiger partial charge is 0.311 e. The summed E-state index contributed by atoms with van der Waals surface area (Å²) in [6, 6.07) is 5.24. The maximum atomic E-state index is 12.2. The van der Waals surface area contributed by atoms with Crippen molar-refractivity contribution in [3.05, 3.63) is 24.4 Å². The number of nitrogens with zero attached hydrogens (tertiary/aromatic N) is 1. The van der Waals surface area contributed by atoms with Crippen LogP contribution >= 0.6 is 0 Å². The van der Waals surface area contributed by atoms with Gasteiger partial charge in [0.2, 0.25) is 0 Å². The minimum absolute atomic E-state index is 0.221. The van der Waals surface area contributed by atoms with E-state index in [1.807, 2.05) is 0 Å². The van der Waals surface area contributed by atoms with Crippen molar-refractivity contribution in [3.8, 4) is 17.2 Å². The molecule has 136 valence electrons. The molecule has 0 bridgehead atoms. The van der Waals surface area contributed by atoms with E-state index in [1.165, 1.54) is 25.7 Å². The Morgan fingerprint density at radius 3 is 2.48 bits per heavy atom. The molecule has 2 aromatic rings. The van der Waals surface area contributed by atoms with Gasteiger partial charge in [0.05, 0.1) is 25.1 Å². The molecule has 0 aliphatic carbocycles. The standard InChI is InChI=1S/C20H27NO4/c1-4-5-6-7-8-9-10-19(22)25-17-11-12-21-16-13-15(23-2)14-18(24-3)20(16)17/h11-14H,4-10H2,1-3H3. The first kappa shape index (κ1) is 19.0. The molecule has 0 radical (unpaired) electrons. The molecular formula is C20H27NO4. The lowest BCUT2D eigenvalue weighted by atomic mass is 10.1. The van der Waals surface area contributed by atoms with Crippen LogP contribution in [0.4, 0.5) is 0 Å². The van der Waals surface area contributed by atoms with E-state index in [0.29, 0.717) is 34.6 Å². The Bertz CT molecular complexity index is 699. The van der Waals surface area contributed by atoms with Gasteiger partial charge in [-0.05, 0) is 6.42 Å². The maximum Gasteiger partial charge on any atom is 0.311 e. The molecule has 1 aromatic heterocycles. The quantitative estimate of drug-likeness (QED) is 0.452. The van der Waals surface area contributed by atoms with Gasteiger partial charge in [0, 0.05) is 30.8 Å². The molecule has 1 aromatic carbocycles. The van der Waals surface area contributed by atoms with Crippen LogP contribution in [0.15, 0.2) is 24.4 Å². The van der Waals surface area contributed by atoms with Crippen LogP contribution in [0.25, 0.3) is 10.9 Å². The van der Waals surface area contributed by atoms with Crippen molar-refractivity contribution < 1.29 is 19.0 Å². The van der Waals surface area contributed by atoms with Crippen LogP contribution in [0.3, 0.4) is 0 Å². The molecule has 0 aliphatic heterocycles. The van der Waals surface area contributed by atoms with E-state index in [4.69, 9.17) is 14.2 Å². The van der Waals surface area contributed by atoms with Crippen molar-refractivity contribution in [1.29, 1.82) is 0 Å². The first-order valence-electron chi connectivity index (χ1n) is 8.91. The second-order valence-corrected chi connectivity index (χ2v) is 6.02. The largest absolute Gasteiger partial charge is 0.497 e. The number of carbonyl (C=O) groups excluding carboxylic acids is 1. The molecule has 0 saturated carbocycles. The van der Waals surface area contributed by atoms with Crippen molar-refractivity contribution in [3.63, 3.8) is 0 Å². The average Bonchev–Trinajstić information content (AvgIpc) is 2.63. The number of methoxy groups -OCH3 is 2. The third kappa shape index (κ3) is 5.34.